The fourth-order valence-corrected chi connectivity index (χ4v) is 2.38. The van der Waals surface area contributed by atoms with Gasteiger partial charge in [0, 0.05) is 6.54 Å². The number of hydrogen-bond acceptors (Lipinski definition) is 3. The Hall–Kier alpha value is -0.800. The molecule has 0 bridgehead atoms. The maximum atomic E-state index is 5.91. The smallest absolute Gasteiger partial charge is 0.117 e. The molecular formula is C15H28N2O. The maximum absolute atomic E-state index is 5.91. The molecular weight excluding hydrogens is 224 g/mol. The average molecular weight is 252 g/mol. The first kappa shape index (κ1) is 15.3. The minimum absolute atomic E-state index is 0.341. The van der Waals surface area contributed by atoms with Gasteiger partial charge in [0.2, 0.25) is 0 Å². The third-order valence-electron chi connectivity index (χ3n) is 3.16. The fourth-order valence-electron chi connectivity index (χ4n) is 2.38. The predicted molar refractivity (Wildman–Crippen MR) is 76.3 cm³/mol. The Morgan fingerprint density at radius 1 is 1.39 bits per heavy atom. The van der Waals surface area contributed by atoms with Crippen LogP contribution in [0.25, 0.3) is 0 Å². The zero-order valence-electron chi connectivity index (χ0n) is 12.3. The van der Waals surface area contributed by atoms with Crippen LogP contribution >= 0.6 is 0 Å². The molecule has 2 N–H and O–H groups in total. The van der Waals surface area contributed by atoms with Crippen LogP contribution < -0.4 is 5.73 Å². The molecule has 1 unspecified atom stereocenters. The summed E-state index contributed by atoms with van der Waals surface area (Å²) in [5.41, 5.74) is 6.25. The fraction of sp³-hybridized carbons (Fsp3) is 0.733. The highest BCUT2D eigenvalue weighted by atomic mass is 16.3. The first-order valence-electron chi connectivity index (χ1n) is 6.89. The molecule has 0 fully saturated rings. The van der Waals surface area contributed by atoms with E-state index < -0.39 is 0 Å². The molecule has 0 amide bonds. The van der Waals surface area contributed by atoms with Crippen molar-refractivity contribution in [2.75, 3.05) is 19.6 Å². The molecule has 1 aromatic rings. The minimum atomic E-state index is 0.341. The highest BCUT2D eigenvalue weighted by Gasteiger charge is 2.20. The van der Waals surface area contributed by atoms with Gasteiger partial charge >= 0.3 is 0 Å². The Morgan fingerprint density at radius 2 is 2.11 bits per heavy atom. The molecule has 0 saturated carbocycles. The van der Waals surface area contributed by atoms with Gasteiger partial charge in [0.05, 0.1) is 12.8 Å². The summed E-state index contributed by atoms with van der Waals surface area (Å²) < 4.78 is 5.41. The number of furan rings is 1. The molecule has 1 rings (SSSR count). The number of nitrogens with two attached hydrogens (primary N) is 1. The summed E-state index contributed by atoms with van der Waals surface area (Å²) >= 11 is 0. The molecule has 1 atom stereocenters. The van der Waals surface area contributed by atoms with Gasteiger partial charge in [-0.05, 0) is 43.0 Å². The summed E-state index contributed by atoms with van der Waals surface area (Å²) in [6.45, 7) is 12.7. The van der Waals surface area contributed by atoms with E-state index in [1.807, 2.05) is 12.1 Å². The summed E-state index contributed by atoms with van der Waals surface area (Å²) in [5, 5.41) is 0. The van der Waals surface area contributed by atoms with E-state index in [9.17, 15) is 0 Å². The van der Waals surface area contributed by atoms with Gasteiger partial charge in [-0.15, -0.1) is 0 Å². The maximum Gasteiger partial charge on any atom is 0.117 e. The van der Waals surface area contributed by atoms with Crippen LogP contribution in [0, 0.1) is 11.3 Å². The van der Waals surface area contributed by atoms with Crippen LogP contribution in [0.15, 0.2) is 22.8 Å². The highest BCUT2D eigenvalue weighted by molar-refractivity contribution is 4.97. The molecule has 1 heterocycles. The third kappa shape index (κ3) is 5.69. The molecule has 0 radical (unpaired) electrons. The Balaban J connectivity index is 2.49. The molecule has 0 aliphatic heterocycles. The second-order valence-electron chi connectivity index (χ2n) is 6.27. The number of nitrogens with zero attached hydrogens (tertiary/aromatic N) is 1. The van der Waals surface area contributed by atoms with Crippen molar-refractivity contribution in [1.29, 1.82) is 0 Å². The minimum Gasteiger partial charge on any atom is -0.468 e. The lowest BCUT2D eigenvalue weighted by molar-refractivity contribution is 0.185. The van der Waals surface area contributed by atoms with E-state index in [-0.39, 0.29) is 0 Å². The van der Waals surface area contributed by atoms with E-state index in [0.29, 0.717) is 11.3 Å². The number of hydrogen-bond donors (Lipinski definition) is 1. The summed E-state index contributed by atoms with van der Waals surface area (Å²) in [6.07, 6.45) is 2.90. The van der Waals surface area contributed by atoms with E-state index in [1.165, 1.54) is 0 Å². The topological polar surface area (TPSA) is 42.4 Å². The largest absolute Gasteiger partial charge is 0.468 e. The Labute approximate surface area is 111 Å². The van der Waals surface area contributed by atoms with Gasteiger partial charge < -0.3 is 10.2 Å². The summed E-state index contributed by atoms with van der Waals surface area (Å²) in [6, 6.07) is 3.97. The van der Waals surface area contributed by atoms with Crippen molar-refractivity contribution in [2.45, 2.75) is 40.7 Å². The quantitative estimate of drug-likeness (QED) is 0.810. The van der Waals surface area contributed by atoms with Crippen molar-refractivity contribution >= 4 is 0 Å². The zero-order valence-corrected chi connectivity index (χ0v) is 12.3. The summed E-state index contributed by atoms with van der Waals surface area (Å²) in [5.74, 6) is 1.59. The van der Waals surface area contributed by atoms with Crippen LogP contribution in [0.1, 0.15) is 39.9 Å². The van der Waals surface area contributed by atoms with E-state index in [1.54, 1.807) is 6.26 Å². The summed E-state index contributed by atoms with van der Waals surface area (Å²) in [7, 11) is 0. The average Bonchev–Trinajstić information content (AvgIpc) is 2.78. The summed E-state index contributed by atoms with van der Waals surface area (Å²) in [4.78, 5) is 2.40. The first-order valence-corrected chi connectivity index (χ1v) is 6.89. The van der Waals surface area contributed by atoms with E-state index in [2.05, 4.69) is 32.6 Å². The molecule has 0 aromatic carbocycles. The second-order valence-corrected chi connectivity index (χ2v) is 6.27. The lowest BCUT2D eigenvalue weighted by Gasteiger charge is -2.29. The van der Waals surface area contributed by atoms with Crippen molar-refractivity contribution in [3.63, 3.8) is 0 Å². The second kappa shape index (κ2) is 6.95. The Kier molecular flexibility index (Phi) is 5.89. The van der Waals surface area contributed by atoms with Gasteiger partial charge in [0.15, 0.2) is 0 Å². The van der Waals surface area contributed by atoms with Crippen LogP contribution in [-0.4, -0.2) is 24.5 Å². The van der Waals surface area contributed by atoms with Crippen LogP contribution in [-0.2, 0) is 6.54 Å². The monoisotopic (exact) mass is 252 g/mol. The van der Waals surface area contributed by atoms with Crippen LogP contribution in [0.5, 0.6) is 0 Å². The zero-order chi connectivity index (χ0) is 13.6. The van der Waals surface area contributed by atoms with Crippen molar-refractivity contribution in [3.8, 4) is 0 Å². The van der Waals surface area contributed by atoms with Crippen LogP contribution in [0.2, 0.25) is 0 Å². The predicted octanol–water partition coefficient (Wildman–Crippen LogP) is 3.11. The molecule has 18 heavy (non-hydrogen) atoms. The highest BCUT2D eigenvalue weighted by Crippen LogP contribution is 2.24. The van der Waals surface area contributed by atoms with Gasteiger partial charge in [0.25, 0.3) is 0 Å². The van der Waals surface area contributed by atoms with E-state index in [4.69, 9.17) is 10.2 Å². The molecule has 1 aromatic heterocycles. The van der Waals surface area contributed by atoms with Crippen LogP contribution in [0.3, 0.4) is 0 Å². The van der Waals surface area contributed by atoms with Crippen molar-refractivity contribution in [3.05, 3.63) is 24.2 Å². The Bertz CT molecular complexity index is 314. The van der Waals surface area contributed by atoms with Gasteiger partial charge in [-0.3, -0.25) is 4.90 Å². The van der Waals surface area contributed by atoms with E-state index >= 15 is 0 Å². The van der Waals surface area contributed by atoms with Crippen molar-refractivity contribution in [1.82, 2.24) is 4.90 Å². The van der Waals surface area contributed by atoms with E-state index in [0.717, 1.165) is 38.4 Å². The van der Waals surface area contributed by atoms with Gasteiger partial charge in [-0.1, -0.05) is 27.7 Å². The first-order chi connectivity index (χ1) is 8.44. The van der Waals surface area contributed by atoms with Gasteiger partial charge in [-0.25, -0.2) is 0 Å². The van der Waals surface area contributed by atoms with Crippen molar-refractivity contribution in [2.24, 2.45) is 17.1 Å². The third-order valence-corrected chi connectivity index (χ3v) is 3.16. The Morgan fingerprint density at radius 3 is 2.56 bits per heavy atom. The lowest BCUT2D eigenvalue weighted by Crippen LogP contribution is -2.34. The molecule has 104 valence electrons. The molecule has 0 aliphatic carbocycles. The van der Waals surface area contributed by atoms with Crippen molar-refractivity contribution < 1.29 is 4.42 Å². The molecule has 0 saturated heterocycles. The number of rotatable bonds is 7. The van der Waals surface area contributed by atoms with Crippen LogP contribution in [0.4, 0.5) is 0 Å². The SMILES string of the molecule is CCN(Cc1ccco1)CC(CN)CC(C)(C)C. The van der Waals surface area contributed by atoms with Gasteiger partial charge in [-0.2, -0.15) is 0 Å². The molecule has 0 aliphatic rings. The molecule has 3 nitrogen and oxygen atoms in total. The normalized spacial score (nSPS) is 14.1. The molecule has 3 heteroatoms. The van der Waals surface area contributed by atoms with Gasteiger partial charge in [0.1, 0.15) is 5.76 Å². The molecule has 0 spiro atoms. The lowest BCUT2D eigenvalue weighted by atomic mass is 9.84. The standard InChI is InChI=1S/C15H28N2O/c1-5-17(12-14-7-6-8-18-14)11-13(10-16)9-15(2,3)4/h6-8,13H,5,9-12,16H2,1-4H3.